The van der Waals surface area contributed by atoms with Crippen molar-refractivity contribution < 1.29 is 9.59 Å². The molecule has 5 aromatic rings. The van der Waals surface area contributed by atoms with Gasteiger partial charge in [-0.15, -0.1) is 0 Å². The Morgan fingerprint density at radius 1 is 0.943 bits per heavy atom. The SMILES string of the molecule is O=C(Cn1cc(/C=C2\C(=O)Nc3ccccc32)c2ccccc21)NCCc1c[nH]c2ccccc12. The number of amides is 2. The number of aromatic nitrogens is 2. The van der Waals surface area contributed by atoms with E-state index in [9.17, 15) is 9.59 Å². The molecule has 0 saturated heterocycles. The number of benzene rings is 3. The first-order valence-electron chi connectivity index (χ1n) is 11.7. The molecule has 0 saturated carbocycles. The molecule has 6 nitrogen and oxygen atoms in total. The zero-order chi connectivity index (χ0) is 23.8. The topological polar surface area (TPSA) is 78.9 Å². The van der Waals surface area contributed by atoms with Crippen molar-refractivity contribution in [1.82, 2.24) is 14.9 Å². The van der Waals surface area contributed by atoms with Gasteiger partial charge in [-0.1, -0.05) is 54.6 Å². The van der Waals surface area contributed by atoms with Gasteiger partial charge in [0.05, 0.1) is 0 Å². The number of carbonyl (C=O) groups excluding carboxylic acids is 2. The van der Waals surface area contributed by atoms with Crippen LogP contribution in [0.3, 0.4) is 0 Å². The van der Waals surface area contributed by atoms with E-state index in [1.165, 1.54) is 10.9 Å². The van der Waals surface area contributed by atoms with E-state index in [2.05, 4.69) is 27.8 Å². The second kappa shape index (κ2) is 8.65. The monoisotopic (exact) mass is 460 g/mol. The van der Waals surface area contributed by atoms with Crippen LogP contribution in [0.2, 0.25) is 0 Å². The summed E-state index contributed by atoms with van der Waals surface area (Å²) < 4.78 is 1.95. The zero-order valence-electron chi connectivity index (χ0n) is 19.0. The van der Waals surface area contributed by atoms with Gasteiger partial charge in [0.15, 0.2) is 0 Å². The molecule has 2 aromatic heterocycles. The molecule has 3 heterocycles. The number of H-pyrrole nitrogens is 1. The van der Waals surface area contributed by atoms with Crippen LogP contribution in [0.1, 0.15) is 16.7 Å². The van der Waals surface area contributed by atoms with Crippen molar-refractivity contribution in [2.45, 2.75) is 13.0 Å². The molecule has 35 heavy (non-hydrogen) atoms. The van der Waals surface area contributed by atoms with Crippen molar-refractivity contribution in [3.8, 4) is 0 Å². The lowest BCUT2D eigenvalue weighted by Crippen LogP contribution is -2.29. The van der Waals surface area contributed by atoms with Gasteiger partial charge in [0.25, 0.3) is 5.91 Å². The summed E-state index contributed by atoms with van der Waals surface area (Å²) in [7, 11) is 0. The second-order valence-electron chi connectivity index (χ2n) is 8.75. The molecule has 6 heteroatoms. The molecule has 0 fully saturated rings. The minimum Gasteiger partial charge on any atom is -0.361 e. The number of rotatable bonds is 6. The van der Waals surface area contributed by atoms with Crippen LogP contribution in [0.25, 0.3) is 33.5 Å². The first-order valence-corrected chi connectivity index (χ1v) is 11.7. The van der Waals surface area contributed by atoms with Crippen LogP contribution >= 0.6 is 0 Å². The number of para-hydroxylation sites is 3. The largest absolute Gasteiger partial charge is 0.361 e. The van der Waals surface area contributed by atoms with Gasteiger partial charge in [-0.05, 0) is 36.3 Å². The fourth-order valence-electron chi connectivity index (χ4n) is 4.84. The third kappa shape index (κ3) is 3.89. The minimum atomic E-state index is -0.113. The predicted molar refractivity (Wildman–Crippen MR) is 140 cm³/mol. The molecule has 2 amide bonds. The molecule has 1 aliphatic heterocycles. The fourth-order valence-corrected chi connectivity index (χ4v) is 4.84. The van der Waals surface area contributed by atoms with E-state index < -0.39 is 0 Å². The Morgan fingerprint density at radius 3 is 2.63 bits per heavy atom. The number of hydrogen-bond donors (Lipinski definition) is 3. The molecular formula is C29H24N4O2. The molecule has 0 unspecified atom stereocenters. The van der Waals surface area contributed by atoms with Gasteiger partial charge in [0, 0.05) is 63.1 Å². The van der Waals surface area contributed by atoms with E-state index in [0.29, 0.717) is 12.1 Å². The summed E-state index contributed by atoms with van der Waals surface area (Å²) >= 11 is 0. The van der Waals surface area contributed by atoms with Crippen LogP contribution in [-0.2, 0) is 22.6 Å². The number of nitrogens with one attached hydrogen (secondary N) is 3. The Balaban J connectivity index is 1.21. The predicted octanol–water partition coefficient (Wildman–Crippen LogP) is 4.97. The summed E-state index contributed by atoms with van der Waals surface area (Å²) in [4.78, 5) is 28.7. The standard InChI is InChI=1S/C29H24N4O2/c34-28(30-14-13-19-16-31-25-10-4-1-7-21(19)25)18-33-17-20(22-8-3-6-12-27(22)33)15-24-23-9-2-5-11-26(23)32-29(24)35/h1-12,15-17,31H,13-14,18H2,(H,30,34)(H,32,35)/b24-15-. The third-order valence-electron chi connectivity index (χ3n) is 6.53. The Morgan fingerprint density at radius 2 is 1.71 bits per heavy atom. The van der Waals surface area contributed by atoms with Crippen molar-refractivity contribution in [3.05, 3.63) is 102 Å². The fraction of sp³-hybridized carbons (Fsp3) is 0.103. The van der Waals surface area contributed by atoms with Gasteiger partial charge in [-0.2, -0.15) is 0 Å². The molecule has 1 aliphatic rings. The van der Waals surface area contributed by atoms with Gasteiger partial charge in [0.1, 0.15) is 6.54 Å². The van der Waals surface area contributed by atoms with Crippen LogP contribution in [0.4, 0.5) is 5.69 Å². The van der Waals surface area contributed by atoms with E-state index in [-0.39, 0.29) is 18.4 Å². The van der Waals surface area contributed by atoms with Crippen molar-refractivity contribution in [2.24, 2.45) is 0 Å². The summed E-state index contributed by atoms with van der Waals surface area (Å²) in [5.41, 5.74) is 6.51. The third-order valence-corrected chi connectivity index (χ3v) is 6.53. The van der Waals surface area contributed by atoms with Crippen molar-refractivity contribution >= 4 is 51.0 Å². The summed E-state index contributed by atoms with van der Waals surface area (Å²) in [6.45, 7) is 0.772. The van der Waals surface area contributed by atoms with E-state index in [1.54, 1.807) is 0 Å². The number of nitrogens with zero attached hydrogens (tertiary/aromatic N) is 1. The molecule has 0 atom stereocenters. The maximum atomic E-state index is 12.8. The number of aromatic amines is 1. The van der Waals surface area contributed by atoms with Crippen LogP contribution in [0, 0.1) is 0 Å². The zero-order valence-corrected chi connectivity index (χ0v) is 19.0. The van der Waals surface area contributed by atoms with Crippen molar-refractivity contribution in [1.29, 1.82) is 0 Å². The highest BCUT2D eigenvalue weighted by Gasteiger charge is 2.24. The average molecular weight is 461 g/mol. The van der Waals surface area contributed by atoms with Crippen LogP contribution in [-0.4, -0.2) is 27.9 Å². The summed E-state index contributed by atoms with van der Waals surface area (Å²) in [5, 5.41) is 8.16. The lowest BCUT2D eigenvalue weighted by Gasteiger charge is -2.07. The smallest absolute Gasteiger partial charge is 0.256 e. The average Bonchev–Trinajstić information content (AvgIpc) is 3.54. The lowest BCUT2D eigenvalue weighted by atomic mass is 10.0. The van der Waals surface area contributed by atoms with Crippen molar-refractivity contribution in [2.75, 3.05) is 11.9 Å². The number of hydrogen-bond acceptors (Lipinski definition) is 2. The van der Waals surface area contributed by atoms with Crippen molar-refractivity contribution in [3.63, 3.8) is 0 Å². The van der Waals surface area contributed by atoms with E-state index in [4.69, 9.17) is 0 Å². The van der Waals surface area contributed by atoms with Crippen LogP contribution in [0.5, 0.6) is 0 Å². The molecule has 0 bridgehead atoms. The normalized spacial score (nSPS) is 13.9. The first-order chi connectivity index (χ1) is 17.2. The van der Waals surface area contributed by atoms with Crippen LogP contribution < -0.4 is 10.6 Å². The molecule has 6 rings (SSSR count). The molecule has 0 radical (unpaired) electrons. The first kappa shape index (κ1) is 21.0. The summed E-state index contributed by atoms with van der Waals surface area (Å²) in [5.74, 6) is -0.160. The second-order valence-corrected chi connectivity index (χ2v) is 8.75. The molecular weight excluding hydrogens is 436 g/mol. The molecule has 3 N–H and O–H groups in total. The minimum absolute atomic E-state index is 0.0475. The van der Waals surface area contributed by atoms with Gasteiger partial charge >= 0.3 is 0 Å². The summed E-state index contributed by atoms with van der Waals surface area (Å²) in [6.07, 6.45) is 6.63. The highest BCUT2D eigenvalue weighted by molar-refractivity contribution is 6.35. The molecule has 0 spiro atoms. The molecule has 0 aliphatic carbocycles. The molecule has 172 valence electrons. The Labute approximate surface area is 202 Å². The number of carbonyl (C=O) groups is 2. The number of fused-ring (bicyclic) bond motifs is 3. The highest BCUT2D eigenvalue weighted by atomic mass is 16.2. The van der Waals surface area contributed by atoms with E-state index in [0.717, 1.165) is 39.7 Å². The highest BCUT2D eigenvalue weighted by Crippen LogP contribution is 2.34. The quantitative estimate of drug-likeness (QED) is 0.313. The Bertz CT molecular complexity index is 1620. The van der Waals surface area contributed by atoms with Gasteiger partial charge in [-0.3, -0.25) is 9.59 Å². The maximum absolute atomic E-state index is 12.8. The maximum Gasteiger partial charge on any atom is 0.256 e. The van der Waals surface area contributed by atoms with E-state index in [1.807, 2.05) is 83.7 Å². The van der Waals surface area contributed by atoms with E-state index >= 15 is 0 Å². The Kier molecular flexibility index (Phi) is 5.19. The Hall–Kier alpha value is -4.58. The summed E-state index contributed by atoms with van der Waals surface area (Å²) in [6, 6.07) is 23.8. The van der Waals surface area contributed by atoms with Gasteiger partial charge < -0.3 is 20.2 Å². The number of anilines is 1. The lowest BCUT2D eigenvalue weighted by molar-refractivity contribution is -0.121. The van der Waals surface area contributed by atoms with Gasteiger partial charge in [0.2, 0.25) is 5.91 Å². The molecule has 3 aromatic carbocycles. The van der Waals surface area contributed by atoms with Gasteiger partial charge in [-0.25, -0.2) is 0 Å². The van der Waals surface area contributed by atoms with Crippen LogP contribution in [0.15, 0.2) is 85.2 Å².